The van der Waals surface area contributed by atoms with E-state index in [1.807, 2.05) is 23.1 Å². The van der Waals surface area contributed by atoms with Gasteiger partial charge < -0.3 is 14.2 Å². The lowest BCUT2D eigenvalue weighted by Gasteiger charge is -2.34. The van der Waals surface area contributed by atoms with Crippen LogP contribution in [0.4, 0.5) is 0 Å². The van der Waals surface area contributed by atoms with E-state index in [1.165, 1.54) is 6.26 Å². The van der Waals surface area contributed by atoms with E-state index in [2.05, 4.69) is 20.9 Å². The molecule has 1 aromatic rings. The quantitative estimate of drug-likeness (QED) is 0.306. The maximum atomic E-state index is 12.8. The third-order valence-corrected chi connectivity index (χ3v) is 6.77. The molecule has 1 aliphatic carbocycles. The van der Waals surface area contributed by atoms with Gasteiger partial charge in [-0.05, 0) is 43.3 Å². The van der Waals surface area contributed by atoms with Crippen molar-refractivity contribution in [1.82, 2.24) is 14.7 Å². The van der Waals surface area contributed by atoms with Gasteiger partial charge in [-0.15, -0.1) is 0 Å². The van der Waals surface area contributed by atoms with Crippen LogP contribution in [-0.2, 0) is 9.59 Å². The fraction of sp³-hybridized carbons (Fsp3) is 0.435. The molecule has 1 aromatic heterocycles. The maximum Gasteiger partial charge on any atom is 0.289 e. The second kappa shape index (κ2) is 10.6. The number of nitrogens with zero attached hydrogens (tertiary/aromatic N) is 4. The second-order valence-electron chi connectivity index (χ2n) is 8.08. The van der Waals surface area contributed by atoms with Gasteiger partial charge in [0.05, 0.1) is 22.4 Å². The van der Waals surface area contributed by atoms with Gasteiger partial charge >= 0.3 is 0 Å². The van der Waals surface area contributed by atoms with Crippen LogP contribution < -0.4 is 0 Å². The number of carbonyl (C=O) groups excluding carboxylic acids is 3. The van der Waals surface area contributed by atoms with E-state index in [0.717, 1.165) is 19.3 Å². The average Bonchev–Trinajstić information content (AvgIpc) is 3.36. The van der Waals surface area contributed by atoms with Gasteiger partial charge in [0.2, 0.25) is 11.0 Å². The molecule has 0 radical (unpaired) electrons. The third kappa shape index (κ3) is 5.50. The normalized spacial score (nSPS) is 20.5. The molecule has 1 fully saturated rings. The molecule has 10 heteroatoms. The number of amides is 3. The van der Waals surface area contributed by atoms with E-state index < -0.39 is 0 Å². The summed E-state index contributed by atoms with van der Waals surface area (Å²) in [7, 11) is 0. The Balaban J connectivity index is 1.16. The van der Waals surface area contributed by atoms with Gasteiger partial charge in [-0.3, -0.25) is 19.3 Å². The van der Waals surface area contributed by atoms with E-state index in [4.69, 9.17) is 16.6 Å². The highest BCUT2D eigenvalue weighted by atomic mass is 79.9. The smallest absolute Gasteiger partial charge is 0.289 e. The lowest BCUT2D eigenvalue weighted by molar-refractivity contribution is -0.132. The molecule has 2 aliphatic heterocycles. The van der Waals surface area contributed by atoms with Crippen LogP contribution in [0.15, 0.2) is 51.6 Å². The minimum atomic E-state index is -0.139. The number of thiocarbonyl (C=S) groups is 1. The number of alkyl halides is 1. The summed E-state index contributed by atoms with van der Waals surface area (Å²) in [6, 6.07) is 3.34. The minimum Gasteiger partial charge on any atom is -0.459 e. The van der Waals surface area contributed by atoms with E-state index in [-0.39, 0.29) is 22.5 Å². The molecule has 3 heterocycles. The van der Waals surface area contributed by atoms with Crippen LogP contribution in [0.25, 0.3) is 0 Å². The van der Waals surface area contributed by atoms with E-state index in [0.29, 0.717) is 61.3 Å². The first-order valence-corrected chi connectivity index (χ1v) is 12.4. The molecule has 0 saturated carbocycles. The van der Waals surface area contributed by atoms with E-state index in [9.17, 15) is 14.4 Å². The van der Waals surface area contributed by atoms with Gasteiger partial charge in [0, 0.05) is 39.1 Å². The summed E-state index contributed by atoms with van der Waals surface area (Å²) in [6.45, 7) is 2.55. The highest BCUT2D eigenvalue weighted by Gasteiger charge is 2.31. The van der Waals surface area contributed by atoms with Crippen molar-refractivity contribution >= 4 is 56.7 Å². The first-order chi connectivity index (χ1) is 15.9. The van der Waals surface area contributed by atoms with Crippen molar-refractivity contribution in [2.45, 2.75) is 30.5 Å². The van der Waals surface area contributed by atoms with Crippen LogP contribution in [0.2, 0.25) is 0 Å². The molecule has 1 saturated heterocycles. The Morgan fingerprint density at radius 1 is 1.15 bits per heavy atom. The van der Waals surface area contributed by atoms with Crippen LogP contribution in [0.1, 0.15) is 36.2 Å². The van der Waals surface area contributed by atoms with Crippen LogP contribution in [0.5, 0.6) is 0 Å². The molecule has 33 heavy (non-hydrogen) atoms. The molecule has 0 bridgehead atoms. The van der Waals surface area contributed by atoms with Crippen LogP contribution >= 0.6 is 28.1 Å². The number of carbonyl (C=O) groups is 3. The zero-order valence-electron chi connectivity index (χ0n) is 18.1. The number of rotatable bonds is 7. The number of hydrogen-bond donors (Lipinski definition) is 0. The van der Waals surface area contributed by atoms with Crippen LogP contribution in [0, 0.1) is 0 Å². The summed E-state index contributed by atoms with van der Waals surface area (Å²) in [6.07, 6.45) is 9.81. The fourth-order valence-electron chi connectivity index (χ4n) is 4.04. The lowest BCUT2D eigenvalue weighted by Crippen LogP contribution is -2.50. The largest absolute Gasteiger partial charge is 0.459 e. The number of unbranched alkanes of at least 4 members (excludes halogenated alkanes) is 2. The molecule has 3 aliphatic rings. The van der Waals surface area contributed by atoms with Crippen molar-refractivity contribution in [1.29, 1.82) is 0 Å². The average molecular weight is 533 g/mol. The topological polar surface area (TPSA) is 86.4 Å². The van der Waals surface area contributed by atoms with Crippen molar-refractivity contribution in [2.75, 3.05) is 32.7 Å². The van der Waals surface area contributed by atoms with Gasteiger partial charge in [-0.1, -0.05) is 34.5 Å². The van der Waals surface area contributed by atoms with Gasteiger partial charge in [0.1, 0.15) is 0 Å². The predicted molar refractivity (Wildman–Crippen MR) is 131 cm³/mol. The van der Waals surface area contributed by atoms with E-state index >= 15 is 0 Å². The number of halogens is 1. The number of allylic oxidation sites excluding steroid dienone is 3. The van der Waals surface area contributed by atoms with Gasteiger partial charge in [0.25, 0.3) is 11.8 Å². The maximum absolute atomic E-state index is 12.8. The Morgan fingerprint density at radius 2 is 1.91 bits per heavy atom. The monoisotopic (exact) mass is 532 g/mol. The molecule has 174 valence electrons. The first kappa shape index (κ1) is 23.6. The Kier molecular flexibility index (Phi) is 7.54. The first-order valence-electron chi connectivity index (χ1n) is 11.0. The van der Waals surface area contributed by atoms with E-state index in [1.54, 1.807) is 21.9 Å². The summed E-state index contributed by atoms with van der Waals surface area (Å²) >= 11 is 8.78. The van der Waals surface area contributed by atoms with Crippen molar-refractivity contribution in [3.63, 3.8) is 0 Å². The Labute approximate surface area is 206 Å². The van der Waals surface area contributed by atoms with Gasteiger partial charge in [-0.25, -0.2) is 4.99 Å². The molecule has 3 amide bonds. The zero-order chi connectivity index (χ0) is 23.4. The number of furan rings is 1. The molecule has 8 nitrogen and oxygen atoms in total. The lowest BCUT2D eigenvalue weighted by atomic mass is 10.0. The summed E-state index contributed by atoms with van der Waals surface area (Å²) in [5.74, 6) is 0.172. The minimum absolute atomic E-state index is 0.0139. The van der Waals surface area contributed by atoms with Crippen molar-refractivity contribution in [2.24, 2.45) is 4.99 Å². The molecule has 4 rings (SSSR count). The third-order valence-electron chi connectivity index (χ3n) is 5.89. The van der Waals surface area contributed by atoms with Crippen molar-refractivity contribution in [3.05, 3.63) is 48.0 Å². The Hall–Kier alpha value is -2.59. The fourth-order valence-corrected chi connectivity index (χ4v) is 4.73. The predicted octanol–water partition coefficient (Wildman–Crippen LogP) is 2.95. The zero-order valence-corrected chi connectivity index (χ0v) is 20.5. The summed E-state index contributed by atoms with van der Waals surface area (Å²) < 4.78 is 5.17. The number of piperazine rings is 1. The van der Waals surface area contributed by atoms with Crippen molar-refractivity contribution < 1.29 is 18.8 Å². The molecule has 0 spiro atoms. The Bertz CT molecular complexity index is 1030. The SMILES string of the molecule is O=C(CCCCCN1C(=O)C2=CC(Br)C=CC2=NC1=S)N1CCN(C(=O)c2ccco2)CC1. The molecular formula is C23H25BrN4O4S. The number of aliphatic imine (C=N–C) groups is 1. The standard InChI is InChI=1S/C23H25BrN4O4S/c24-16-7-8-18-17(15-16)21(30)28(23(33)25-18)9-3-1-2-6-20(29)26-10-12-27(13-11-26)22(31)19-5-4-14-32-19/h4-5,7-8,14-16H,1-3,6,9-13H2. The molecule has 0 N–H and O–H groups in total. The number of hydrogen-bond acceptors (Lipinski definition) is 5. The highest BCUT2D eigenvalue weighted by molar-refractivity contribution is 9.09. The number of fused-ring (bicyclic) bond motifs is 1. The van der Waals surface area contributed by atoms with Gasteiger partial charge in [0.15, 0.2) is 5.76 Å². The van der Waals surface area contributed by atoms with Crippen LogP contribution in [-0.4, -0.2) is 80.8 Å². The molecule has 1 unspecified atom stereocenters. The second-order valence-corrected chi connectivity index (χ2v) is 9.50. The van der Waals surface area contributed by atoms with Gasteiger partial charge in [-0.2, -0.15) is 0 Å². The Morgan fingerprint density at radius 3 is 2.64 bits per heavy atom. The molecule has 1 atom stereocenters. The summed E-state index contributed by atoms with van der Waals surface area (Å²) in [5, 5.41) is 0.294. The summed E-state index contributed by atoms with van der Waals surface area (Å²) in [5.41, 5.74) is 1.20. The molecular weight excluding hydrogens is 508 g/mol. The van der Waals surface area contributed by atoms with Crippen LogP contribution in [0.3, 0.4) is 0 Å². The molecule has 0 aromatic carbocycles. The highest BCUT2D eigenvalue weighted by Crippen LogP contribution is 2.22. The van der Waals surface area contributed by atoms with Crippen molar-refractivity contribution in [3.8, 4) is 0 Å². The summed E-state index contributed by atoms with van der Waals surface area (Å²) in [4.78, 5) is 47.1.